The standard InChI is InChI=1S/C17H18N4O3S2/c1-20-10-11-25-17(20)19-16(22)14-6-8-21(9-7-14)26(23,24)15-4-2-13(12-18)3-5-15/h2-5,10-11,14H,6-9H2,1H3. The molecule has 0 atom stereocenters. The number of thiazole rings is 1. The van der Waals surface area contributed by atoms with Gasteiger partial charge >= 0.3 is 0 Å². The van der Waals surface area contributed by atoms with Gasteiger partial charge in [-0.15, -0.1) is 11.3 Å². The van der Waals surface area contributed by atoms with Crippen LogP contribution in [-0.2, 0) is 21.9 Å². The number of benzene rings is 1. The molecule has 1 amide bonds. The Kier molecular flexibility index (Phi) is 5.36. The largest absolute Gasteiger partial charge is 0.327 e. The number of hydrogen-bond acceptors (Lipinski definition) is 5. The van der Waals surface area contributed by atoms with Gasteiger partial charge in [-0.05, 0) is 37.1 Å². The number of piperidine rings is 1. The molecular weight excluding hydrogens is 372 g/mol. The van der Waals surface area contributed by atoms with Gasteiger partial charge in [0, 0.05) is 37.6 Å². The SMILES string of the molecule is Cn1ccsc1=NC(=O)C1CCN(S(=O)(=O)c2ccc(C#N)cc2)CC1. The van der Waals surface area contributed by atoms with Crippen molar-refractivity contribution in [3.8, 4) is 6.07 Å². The summed E-state index contributed by atoms with van der Waals surface area (Å²) >= 11 is 1.39. The Hall–Kier alpha value is -2.28. The van der Waals surface area contributed by atoms with Crippen molar-refractivity contribution in [3.63, 3.8) is 0 Å². The van der Waals surface area contributed by atoms with Gasteiger partial charge in [0.25, 0.3) is 5.91 Å². The molecule has 0 N–H and O–H groups in total. The van der Waals surface area contributed by atoms with Crippen molar-refractivity contribution < 1.29 is 13.2 Å². The second-order valence-electron chi connectivity index (χ2n) is 6.06. The van der Waals surface area contributed by atoms with Crippen LogP contribution in [0.25, 0.3) is 0 Å². The monoisotopic (exact) mass is 390 g/mol. The van der Waals surface area contributed by atoms with Crippen molar-refractivity contribution in [2.24, 2.45) is 18.0 Å². The lowest BCUT2D eigenvalue weighted by atomic mass is 9.98. The molecule has 1 aromatic heterocycles. The Labute approximate surface area is 155 Å². The quantitative estimate of drug-likeness (QED) is 0.793. The van der Waals surface area contributed by atoms with E-state index in [0.29, 0.717) is 23.2 Å². The van der Waals surface area contributed by atoms with Crippen LogP contribution in [-0.4, -0.2) is 36.3 Å². The summed E-state index contributed by atoms with van der Waals surface area (Å²) in [6, 6.07) is 7.83. The third-order valence-electron chi connectivity index (χ3n) is 4.39. The molecule has 1 aromatic carbocycles. The number of amides is 1. The van der Waals surface area contributed by atoms with Crippen LogP contribution in [0.1, 0.15) is 18.4 Å². The number of nitriles is 1. The third-order valence-corrected chi connectivity index (χ3v) is 7.15. The summed E-state index contributed by atoms with van der Waals surface area (Å²) in [6.45, 7) is 0.565. The number of hydrogen-bond donors (Lipinski definition) is 0. The molecule has 136 valence electrons. The second-order valence-corrected chi connectivity index (χ2v) is 8.87. The first-order chi connectivity index (χ1) is 12.4. The Morgan fingerprint density at radius 2 is 1.92 bits per heavy atom. The highest BCUT2D eigenvalue weighted by Gasteiger charge is 2.32. The molecule has 0 unspecified atom stereocenters. The number of carbonyl (C=O) groups is 1. The zero-order valence-electron chi connectivity index (χ0n) is 14.2. The summed E-state index contributed by atoms with van der Waals surface area (Å²) in [5.74, 6) is -0.456. The van der Waals surface area contributed by atoms with Crippen LogP contribution in [0.2, 0.25) is 0 Å². The van der Waals surface area contributed by atoms with E-state index in [1.165, 1.54) is 39.9 Å². The minimum absolute atomic E-state index is 0.163. The van der Waals surface area contributed by atoms with E-state index in [2.05, 4.69) is 4.99 Å². The van der Waals surface area contributed by atoms with E-state index in [-0.39, 0.29) is 29.8 Å². The van der Waals surface area contributed by atoms with E-state index in [1.807, 2.05) is 24.7 Å². The fraction of sp³-hybridized carbons (Fsp3) is 0.353. The van der Waals surface area contributed by atoms with Crippen LogP contribution in [0, 0.1) is 17.2 Å². The maximum atomic E-state index is 12.7. The molecule has 2 aromatic rings. The molecule has 0 aliphatic carbocycles. The molecule has 9 heteroatoms. The maximum Gasteiger partial charge on any atom is 0.251 e. The molecule has 0 saturated carbocycles. The predicted octanol–water partition coefficient (Wildman–Crippen LogP) is 1.49. The average molecular weight is 390 g/mol. The molecule has 1 aliphatic rings. The van der Waals surface area contributed by atoms with Crippen molar-refractivity contribution in [1.29, 1.82) is 5.26 Å². The van der Waals surface area contributed by atoms with E-state index in [9.17, 15) is 13.2 Å². The molecule has 0 bridgehead atoms. The molecule has 26 heavy (non-hydrogen) atoms. The van der Waals surface area contributed by atoms with E-state index in [4.69, 9.17) is 5.26 Å². The molecule has 3 rings (SSSR count). The van der Waals surface area contributed by atoms with Gasteiger partial charge in [0.2, 0.25) is 10.0 Å². The van der Waals surface area contributed by atoms with Gasteiger partial charge in [0.05, 0.1) is 16.5 Å². The van der Waals surface area contributed by atoms with E-state index in [1.54, 1.807) is 4.57 Å². The first-order valence-corrected chi connectivity index (χ1v) is 10.4. The molecule has 1 fully saturated rings. The summed E-state index contributed by atoms with van der Waals surface area (Å²) in [7, 11) is -1.78. The van der Waals surface area contributed by atoms with Crippen molar-refractivity contribution in [2.45, 2.75) is 17.7 Å². The van der Waals surface area contributed by atoms with Crippen LogP contribution >= 0.6 is 11.3 Å². The topological polar surface area (TPSA) is 95.5 Å². The molecule has 2 heterocycles. The summed E-state index contributed by atoms with van der Waals surface area (Å²) in [4.78, 5) is 17.3. The number of sulfonamides is 1. The highest BCUT2D eigenvalue weighted by molar-refractivity contribution is 7.89. The molecule has 0 radical (unpaired) electrons. The Morgan fingerprint density at radius 1 is 1.27 bits per heavy atom. The van der Waals surface area contributed by atoms with Crippen molar-refractivity contribution in [1.82, 2.24) is 8.87 Å². The molecule has 1 aliphatic heterocycles. The fourth-order valence-electron chi connectivity index (χ4n) is 2.81. The van der Waals surface area contributed by atoms with Crippen LogP contribution in [0.3, 0.4) is 0 Å². The Balaban J connectivity index is 1.68. The number of nitrogens with zero attached hydrogens (tertiary/aromatic N) is 4. The highest BCUT2D eigenvalue weighted by atomic mass is 32.2. The van der Waals surface area contributed by atoms with Crippen molar-refractivity contribution in [2.75, 3.05) is 13.1 Å². The maximum absolute atomic E-state index is 12.7. The molecular formula is C17H18N4O3S2. The normalized spacial score (nSPS) is 17.2. The first kappa shape index (κ1) is 18.5. The van der Waals surface area contributed by atoms with Crippen LogP contribution < -0.4 is 4.80 Å². The zero-order valence-corrected chi connectivity index (χ0v) is 15.8. The smallest absolute Gasteiger partial charge is 0.251 e. The van der Waals surface area contributed by atoms with Crippen LogP contribution in [0.5, 0.6) is 0 Å². The van der Waals surface area contributed by atoms with Gasteiger partial charge in [-0.3, -0.25) is 4.79 Å². The second kappa shape index (κ2) is 7.53. The first-order valence-electron chi connectivity index (χ1n) is 8.11. The summed E-state index contributed by atoms with van der Waals surface area (Å²) in [6.07, 6.45) is 2.74. The van der Waals surface area contributed by atoms with Crippen molar-refractivity contribution in [3.05, 3.63) is 46.2 Å². The fourth-order valence-corrected chi connectivity index (χ4v) is 5.02. The van der Waals surface area contributed by atoms with Gasteiger partial charge in [-0.25, -0.2) is 8.42 Å². The molecule has 1 saturated heterocycles. The predicted molar refractivity (Wildman–Crippen MR) is 96.5 cm³/mol. The Bertz CT molecular complexity index is 1010. The average Bonchev–Trinajstić information content (AvgIpc) is 3.06. The minimum Gasteiger partial charge on any atom is -0.327 e. The summed E-state index contributed by atoms with van der Waals surface area (Å²) < 4.78 is 28.6. The van der Waals surface area contributed by atoms with E-state index in [0.717, 1.165) is 0 Å². The van der Waals surface area contributed by atoms with Gasteiger partial charge < -0.3 is 4.57 Å². The number of aromatic nitrogens is 1. The highest BCUT2D eigenvalue weighted by Crippen LogP contribution is 2.24. The van der Waals surface area contributed by atoms with Crippen LogP contribution in [0.4, 0.5) is 0 Å². The third kappa shape index (κ3) is 3.77. The summed E-state index contributed by atoms with van der Waals surface area (Å²) in [5.41, 5.74) is 0.414. The van der Waals surface area contributed by atoms with Gasteiger partial charge in [-0.1, -0.05) is 0 Å². The number of aryl methyl sites for hydroxylation is 1. The van der Waals surface area contributed by atoms with Crippen molar-refractivity contribution >= 4 is 27.3 Å². The van der Waals surface area contributed by atoms with Gasteiger partial charge in [0.15, 0.2) is 4.80 Å². The van der Waals surface area contributed by atoms with E-state index < -0.39 is 10.0 Å². The molecule has 7 nitrogen and oxygen atoms in total. The molecule has 0 spiro atoms. The lowest BCUT2D eigenvalue weighted by Gasteiger charge is -2.29. The van der Waals surface area contributed by atoms with Gasteiger partial charge in [-0.2, -0.15) is 14.6 Å². The lowest BCUT2D eigenvalue weighted by Crippen LogP contribution is -2.40. The minimum atomic E-state index is -3.61. The van der Waals surface area contributed by atoms with Crippen LogP contribution in [0.15, 0.2) is 45.7 Å². The summed E-state index contributed by atoms with van der Waals surface area (Å²) in [5, 5.41) is 10.7. The zero-order chi connectivity index (χ0) is 18.7. The van der Waals surface area contributed by atoms with E-state index >= 15 is 0 Å². The number of rotatable bonds is 3. The lowest BCUT2D eigenvalue weighted by molar-refractivity contribution is -0.122. The van der Waals surface area contributed by atoms with Gasteiger partial charge in [0.1, 0.15) is 0 Å². The Morgan fingerprint density at radius 3 is 2.46 bits per heavy atom. The number of carbonyl (C=O) groups excluding carboxylic acids is 1.